The highest BCUT2D eigenvalue weighted by atomic mass is 16.5. The van der Waals surface area contributed by atoms with Gasteiger partial charge in [0.2, 0.25) is 0 Å². The predicted octanol–water partition coefficient (Wildman–Crippen LogP) is 0.783. The molecule has 0 aromatic rings. The first kappa shape index (κ1) is 14.3. The van der Waals surface area contributed by atoms with Crippen LogP contribution < -0.4 is 5.32 Å². The standard InChI is InChI=1S/C14H29N3O/c1-2-14(17-8-5-15-6-9-17)4-3-7-16-10-12-18-13-11-16/h14-15H,2-13H2,1H3. The lowest BCUT2D eigenvalue weighted by Gasteiger charge is -2.35. The Hall–Kier alpha value is -0.160. The smallest absolute Gasteiger partial charge is 0.0594 e. The summed E-state index contributed by atoms with van der Waals surface area (Å²) in [5.74, 6) is 0. The molecule has 0 saturated carbocycles. The fourth-order valence-corrected chi connectivity index (χ4v) is 3.07. The maximum Gasteiger partial charge on any atom is 0.0594 e. The van der Waals surface area contributed by atoms with E-state index in [4.69, 9.17) is 4.74 Å². The molecule has 0 aliphatic carbocycles. The average Bonchev–Trinajstić information content (AvgIpc) is 2.46. The Morgan fingerprint density at radius 2 is 1.83 bits per heavy atom. The number of morpholine rings is 1. The normalized spacial score (nSPS) is 25.2. The summed E-state index contributed by atoms with van der Waals surface area (Å²) in [5, 5.41) is 3.44. The molecule has 0 aromatic heterocycles. The molecule has 0 bridgehead atoms. The summed E-state index contributed by atoms with van der Waals surface area (Å²) in [6.07, 6.45) is 3.99. The summed E-state index contributed by atoms with van der Waals surface area (Å²) in [4.78, 5) is 5.23. The monoisotopic (exact) mass is 255 g/mol. The van der Waals surface area contributed by atoms with Crippen molar-refractivity contribution in [2.24, 2.45) is 0 Å². The molecule has 106 valence electrons. The van der Waals surface area contributed by atoms with Crippen LogP contribution in [0.5, 0.6) is 0 Å². The van der Waals surface area contributed by atoms with Crippen molar-refractivity contribution in [2.75, 3.05) is 59.0 Å². The molecule has 0 spiro atoms. The van der Waals surface area contributed by atoms with Gasteiger partial charge in [-0.15, -0.1) is 0 Å². The topological polar surface area (TPSA) is 27.7 Å². The molecule has 2 aliphatic rings. The molecule has 2 heterocycles. The zero-order valence-electron chi connectivity index (χ0n) is 11.9. The van der Waals surface area contributed by atoms with Gasteiger partial charge in [0.05, 0.1) is 13.2 Å². The Labute approximate surface area is 112 Å². The lowest BCUT2D eigenvalue weighted by Crippen LogP contribution is -2.48. The van der Waals surface area contributed by atoms with Crippen LogP contribution in [0, 0.1) is 0 Å². The van der Waals surface area contributed by atoms with Gasteiger partial charge in [-0.2, -0.15) is 0 Å². The van der Waals surface area contributed by atoms with E-state index < -0.39 is 0 Å². The van der Waals surface area contributed by atoms with Gasteiger partial charge in [-0.25, -0.2) is 0 Å². The fraction of sp³-hybridized carbons (Fsp3) is 1.00. The molecular formula is C14H29N3O. The molecule has 2 rings (SSSR count). The molecule has 1 atom stereocenters. The van der Waals surface area contributed by atoms with Gasteiger partial charge >= 0.3 is 0 Å². The maximum absolute atomic E-state index is 5.39. The third-order valence-electron chi connectivity index (χ3n) is 4.25. The van der Waals surface area contributed by atoms with Crippen molar-refractivity contribution >= 4 is 0 Å². The summed E-state index contributed by atoms with van der Waals surface area (Å²) in [6, 6.07) is 0.799. The highest BCUT2D eigenvalue weighted by molar-refractivity contribution is 4.76. The molecule has 0 amide bonds. The van der Waals surface area contributed by atoms with E-state index in [-0.39, 0.29) is 0 Å². The summed E-state index contributed by atoms with van der Waals surface area (Å²) in [6.45, 7) is 12.5. The molecule has 1 unspecified atom stereocenters. The molecular weight excluding hydrogens is 226 g/mol. The van der Waals surface area contributed by atoms with E-state index in [0.717, 1.165) is 32.3 Å². The first-order valence-corrected chi connectivity index (χ1v) is 7.65. The van der Waals surface area contributed by atoms with Gasteiger partial charge in [0, 0.05) is 45.3 Å². The summed E-state index contributed by atoms with van der Waals surface area (Å²) < 4.78 is 5.39. The van der Waals surface area contributed by atoms with Gasteiger partial charge in [0.1, 0.15) is 0 Å². The Bertz CT molecular complexity index is 213. The minimum absolute atomic E-state index is 0.799. The lowest BCUT2D eigenvalue weighted by atomic mass is 10.1. The number of hydrogen-bond donors (Lipinski definition) is 1. The molecule has 0 radical (unpaired) electrons. The first-order chi connectivity index (χ1) is 8.90. The van der Waals surface area contributed by atoms with E-state index in [2.05, 4.69) is 22.0 Å². The zero-order chi connectivity index (χ0) is 12.6. The van der Waals surface area contributed by atoms with Crippen molar-refractivity contribution in [3.05, 3.63) is 0 Å². The fourth-order valence-electron chi connectivity index (χ4n) is 3.07. The van der Waals surface area contributed by atoms with Crippen LogP contribution in [0.15, 0.2) is 0 Å². The van der Waals surface area contributed by atoms with Crippen molar-refractivity contribution in [3.8, 4) is 0 Å². The Balaban J connectivity index is 1.63. The van der Waals surface area contributed by atoms with Gasteiger partial charge in [0.15, 0.2) is 0 Å². The predicted molar refractivity (Wildman–Crippen MR) is 75.0 cm³/mol. The van der Waals surface area contributed by atoms with Gasteiger partial charge < -0.3 is 10.1 Å². The van der Waals surface area contributed by atoms with E-state index in [1.165, 1.54) is 52.0 Å². The van der Waals surface area contributed by atoms with Crippen LogP contribution in [-0.4, -0.2) is 74.9 Å². The van der Waals surface area contributed by atoms with E-state index in [9.17, 15) is 0 Å². The van der Waals surface area contributed by atoms with Crippen molar-refractivity contribution in [1.82, 2.24) is 15.1 Å². The Kier molecular flexibility index (Phi) is 6.41. The quantitative estimate of drug-likeness (QED) is 0.759. The van der Waals surface area contributed by atoms with E-state index in [0.29, 0.717) is 0 Å². The van der Waals surface area contributed by atoms with Crippen molar-refractivity contribution in [3.63, 3.8) is 0 Å². The number of piperazine rings is 1. The number of ether oxygens (including phenoxy) is 1. The minimum Gasteiger partial charge on any atom is -0.379 e. The number of nitrogens with one attached hydrogen (secondary N) is 1. The van der Waals surface area contributed by atoms with E-state index >= 15 is 0 Å². The maximum atomic E-state index is 5.39. The van der Waals surface area contributed by atoms with Gasteiger partial charge in [-0.3, -0.25) is 9.80 Å². The second kappa shape index (κ2) is 8.10. The SMILES string of the molecule is CCC(CCCN1CCOCC1)N1CCNCC1. The number of hydrogen-bond acceptors (Lipinski definition) is 4. The van der Waals surface area contributed by atoms with Gasteiger partial charge in [0.25, 0.3) is 0 Å². The molecule has 2 fully saturated rings. The zero-order valence-corrected chi connectivity index (χ0v) is 11.9. The third kappa shape index (κ3) is 4.50. The second-order valence-electron chi connectivity index (χ2n) is 5.44. The van der Waals surface area contributed by atoms with Crippen LogP contribution in [0.1, 0.15) is 26.2 Å². The van der Waals surface area contributed by atoms with Crippen molar-refractivity contribution in [1.29, 1.82) is 0 Å². The van der Waals surface area contributed by atoms with Gasteiger partial charge in [-0.05, 0) is 25.8 Å². The highest BCUT2D eigenvalue weighted by Crippen LogP contribution is 2.12. The summed E-state index contributed by atoms with van der Waals surface area (Å²) in [7, 11) is 0. The van der Waals surface area contributed by atoms with Crippen LogP contribution in [0.4, 0.5) is 0 Å². The summed E-state index contributed by atoms with van der Waals surface area (Å²) >= 11 is 0. The molecule has 4 nitrogen and oxygen atoms in total. The average molecular weight is 255 g/mol. The molecule has 2 aliphatic heterocycles. The van der Waals surface area contributed by atoms with Crippen LogP contribution in [0.25, 0.3) is 0 Å². The first-order valence-electron chi connectivity index (χ1n) is 7.65. The molecule has 0 aromatic carbocycles. The van der Waals surface area contributed by atoms with Crippen LogP contribution >= 0.6 is 0 Å². The van der Waals surface area contributed by atoms with Gasteiger partial charge in [-0.1, -0.05) is 6.92 Å². The van der Waals surface area contributed by atoms with E-state index in [1.54, 1.807) is 0 Å². The molecule has 1 N–H and O–H groups in total. The number of nitrogens with zero attached hydrogens (tertiary/aromatic N) is 2. The lowest BCUT2D eigenvalue weighted by molar-refractivity contribution is 0.0358. The molecule has 2 saturated heterocycles. The van der Waals surface area contributed by atoms with Crippen molar-refractivity contribution < 1.29 is 4.74 Å². The van der Waals surface area contributed by atoms with Crippen LogP contribution in [0.2, 0.25) is 0 Å². The largest absolute Gasteiger partial charge is 0.379 e. The Morgan fingerprint density at radius 1 is 1.11 bits per heavy atom. The summed E-state index contributed by atoms with van der Waals surface area (Å²) in [5.41, 5.74) is 0. The number of rotatable bonds is 6. The van der Waals surface area contributed by atoms with Crippen molar-refractivity contribution in [2.45, 2.75) is 32.2 Å². The molecule has 4 heteroatoms. The third-order valence-corrected chi connectivity index (χ3v) is 4.25. The van der Waals surface area contributed by atoms with Crippen LogP contribution in [-0.2, 0) is 4.74 Å². The minimum atomic E-state index is 0.799. The Morgan fingerprint density at radius 3 is 2.50 bits per heavy atom. The second-order valence-corrected chi connectivity index (χ2v) is 5.44. The van der Waals surface area contributed by atoms with Crippen LogP contribution in [0.3, 0.4) is 0 Å². The highest BCUT2D eigenvalue weighted by Gasteiger charge is 2.19. The van der Waals surface area contributed by atoms with E-state index in [1.807, 2.05) is 0 Å². The molecule has 18 heavy (non-hydrogen) atoms.